The Kier molecular flexibility index (Phi) is 1.63. The SMILES string of the molecule is CC1=CCC2NCN(C#N)C2=C1. The molecule has 62 valence electrons. The fourth-order valence-electron chi connectivity index (χ4n) is 1.66. The number of hydrogen-bond acceptors (Lipinski definition) is 3. The molecule has 1 aliphatic carbocycles. The van der Waals surface area contributed by atoms with Crippen LogP contribution in [0.3, 0.4) is 0 Å². The van der Waals surface area contributed by atoms with Gasteiger partial charge in [-0.05, 0) is 19.4 Å². The molecule has 0 saturated carbocycles. The molecule has 0 aromatic heterocycles. The summed E-state index contributed by atoms with van der Waals surface area (Å²) in [6, 6.07) is 0.369. The van der Waals surface area contributed by atoms with Crippen molar-refractivity contribution in [3.8, 4) is 6.19 Å². The Morgan fingerprint density at radius 1 is 1.75 bits per heavy atom. The van der Waals surface area contributed by atoms with E-state index in [1.54, 1.807) is 4.90 Å². The molecule has 1 atom stereocenters. The summed E-state index contributed by atoms with van der Waals surface area (Å²) in [4.78, 5) is 1.71. The van der Waals surface area contributed by atoms with Gasteiger partial charge in [0.05, 0.1) is 12.7 Å². The van der Waals surface area contributed by atoms with Crippen LogP contribution in [0, 0.1) is 11.5 Å². The van der Waals surface area contributed by atoms with Gasteiger partial charge < -0.3 is 0 Å². The predicted octanol–water partition coefficient (Wildman–Crippen LogP) is 0.933. The molecule has 1 saturated heterocycles. The molecule has 0 aromatic rings. The van der Waals surface area contributed by atoms with Crippen LogP contribution in [0.15, 0.2) is 23.4 Å². The molecular weight excluding hydrogens is 150 g/mol. The molecule has 1 heterocycles. The smallest absolute Gasteiger partial charge is 0.185 e. The van der Waals surface area contributed by atoms with Crippen LogP contribution in [0.4, 0.5) is 0 Å². The van der Waals surface area contributed by atoms with Crippen LogP contribution in [0.2, 0.25) is 0 Å². The van der Waals surface area contributed by atoms with Gasteiger partial charge in [0.15, 0.2) is 6.19 Å². The average molecular weight is 161 g/mol. The van der Waals surface area contributed by atoms with E-state index in [1.807, 2.05) is 0 Å². The fourth-order valence-corrected chi connectivity index (χ4v) is 1.66. The van der Waals surface area contributed by atoms with Crippen molar-refractivity contribution in [2.75, 3.05) is 6.67 Å². The van der Waals surface area contributed by atoms with Gasteiger partial charge in [-0.1, -0.05) is 11.6 Å². The van der Waals surface area contributed by atoms with E-state index in [4.69, 9.17) is 5.26 Å². The monoisotopic (exact) mass is 161 g/mol. The molecule has 2 rings (SSSR count). The first-order valence-corrected chi connectivity index (χ1v) is 4.10. The van der Waals surface area contributed by atoms with Gasteiger partial charge in [-0.3, -0.25) is 10.2 Å². The summed E-state index contributed by atoms with van der Waals surface area (Å²) in [6.07, 6.45) is 7.45. The molecule has 1 N–H and O–H groups in total. The first kappa shape index (κ1) is 7.38. The second-order valence-electron chi connectivity index (χ2n) is 3.20. The van der Waals surface area contributed by atoms with E-state index in [1.165, 1.54) is 5.57 Å². The average Bonchev–Trinajstić information content (AvgIpc) is 2.46. The summed E-state index contributed by atoms with van der Waals surface area (Å²) in [5.74, 6) is 0. The first-order valence-electron chi connectivity index (χ1n) is 4.10. The Hall–Kier alpha value is -1.27. The van der Waals surface area contributed by atoms with E-state index in [-0.39, 0.29) is 0 Å². The number of nitriles is 1. The van der Waals surface area contributed by atoms with Crippen LogP contribution in [-0.4, -0.2) is 17.6 Å². The van der Waals surface area contributed by atoms with Crippen LogP contribution in [0.1, 0.15) is 13.3 Å². The normalized spacial score (nSPS) is 27.3. The maximum absolute atomic E-state index is 8.77. The number of rotatable bonds is 0. The first-order chi connectivity index (χ1) is 5.81. The van der Waals surface area contributed by atoms with Crippen LogP contribution in [0.25, 0.3) is 0 Å². The molecule has 3 heteroatoms. The van der Waals surface area contributed by atoms with E-state index in [2.05, 4.69) is 30.6 Å². The summed E-state index contributed by atoms with van der Waals surface area (Å²) in [7, 11) is 0. The molecule has 0 amide bonds. The second-order valence-corrected chi connectivity index (χ2v) is 3.20. The van der Waals surface area contributed by atoms with E-state index in [0.717, 1.165) is 12.1 Å². The van der Waals surface area contributed by atoms with Crippen molar-refractivity contribution in [2.45, 2.75) is 19.4 Å². The maximum atomic E-state index is 8.77. The summed E-state index contributed by atoms with van der Waals surface area (Å²) in [5.41, 5.74) is 2.38. The number of allylic oxidation sites excluding steroid dienone is 2. The summed E-state index contributed by atoms with van der Waals surface area (Å²) in [5, 5.41) is 12.0. The summed E-state index contributed by atoms with van der Waals surface area (Å²) in [6.45, 7) is 2.73. The zero-order valence-electron chi connectivity index (χ0n) is 7.04. The Morgan fingerprint density at radius 2 is 2.58 bits per heavy atom. The largest absolute Gasteiger partial charge is 0.290 e. The van der Waals surface area contributed by atoms with Gasteiger partial charge in [-0.2, -0.15) is 5.26 Å². The second kappa shape index (κ2) is 2.65. The molecule has 0 bridgehead atoms. The summed E-state index contributed by atoms with van der Waals surface area (Å²) < 4.78 is 0. The third kappa shape index (κ3) is 1.01. The highest BCUT2D eigenvalue weighted by atomic mass is 15.3. The fraction of sp³-hybridized carbons (Fsp3) is 0.444. The van der Waals surface area contributed by atoms with Crippen molar-refractivity contribution in [1.82, 2.24) is 10.2 Å². The lowest BCUT2D eigenvalue weighted by Crippen LogP contribution is -2.22. The van der Waals surface area contributed by atoms with Gasteiger partial charge in [0.2, 0.25) is 0 Å². The minimum absolute atomic E-state index is 0.369. The Balaban J connectivity index is 2.29. The molecule has 2 aliphatic rings. The lowest BCUT2D eigenvalue weighted by Gasteiger charge is -2.16. The van der Waals surface area contributed by atoms with Crippen molar-refractivity contribution in [1.29, 1.82) is 5.26 Å². The van der Waals surface area contributed by atoms with Crippen molar-refractivity contribution in [3.05, 3.63) is 23.4 Å². The molecule has 12 heavy (non-hydrogen) atoms. The Bertz CT molecular complexity index is 295. The van der Waals surface area contributed by atoms with Gasteiger partial charge in [0, 0.05) is 5.70 Å². The predicted molar refractivity (Wildman–Crippen MR) is 45.7 cm³/mol. The Labute approximate surface area is 72.0 Å². The third-order valence-electron chi connectivity index (χ3n) is 2.34. The molecule has 0 radical (unpaired) electrons. The molecular formula is C9H11N3. The number of nitrogens with zero attached hydrogens (tertiary/aromatic N) is 2. The van der Waals surface area contributed by atoms with E-state index in [9.17, 15) is 0 Å². The topological polar surface area (TPSA) is 39.1 Å². The molecule has 3 nitrogen and oxygen atoms in total. The lowest BCUT2D eigenvalue weighted by molar-refractivity contribution is 0.534. The highest BCUT2D eigenvalue weighted by Crippen LogP contribution is 2.24. The van der Waals surface area contributed by atoms with Crippen LogP contribution in [0.5, 0.6) is 0 Å². The molecule has 0 aromatic carbocycles. The summed E-state index contributed by atoms with van der Waals surface area (Å²) >= 11 is 0. The van der Waals surface area contributed by atoms with Crippen molar-refractivity contribution >= 4 is 0 Å². The number of fused-ring (bicyclic) bond motifs is 1. The highest BCUT2D eigenvalue weighted by molar-refractivity contribution is 5.33. The van der Waals surface area contributed by atoms with Gasteiger partial charge in [0.1, 0.15) is 0 Å². The van der Waals surface area contributed by atoms with Crippen molar-refractivity contribution in [2.24, 2.45) is 0 Å². The molecule has 1 fully saturated rings. The van der Waals surface area contributed by atoms with Crippen molar-refractivity contribution < 1.29 is 0 Å². The standard InChI is InChI=1S/C9H11N3/c1-7-2-3-8-9(4-7)12(5-10)6-11-8/h2,4,8,11H,3,6H2,1H3. The van der Waals surface area contributed by atoms with Gasteiger partial charge in [-0.15, -0.1) is 0 Å². The number of hydrogen-bond donors (Lipinski definition) is 1. The Morgan fingerprint density at radius 3 is 3.33 bits per heavy atom. The molecule has 1 aliphatic heterocycles. The quantitative estimate of drug-likeness (QED) is 0.537. The van der Waals surface area contributed by atoms with E-state index in [0.29, 0.717) is 12.7 Å². The molecule has 1 unspecified atom stereocenters. The van der Waals surface area contributed by atoms with Gasteiger partial charge in [0.25, 0.3) is 0 Å². The minimum Gasteiger partial charge on any atom is -0.290 e. The zero-order valence-corrected chi connectivity index (χ0v) is 7.04. The van der Waals surface area contributed by atoms with Crippen LogP contribution < -0.4 is 5.32 Å². The van der Waals surface area contributed by atoms with Crippen molar-refractivity contribution in [3.63, 3.8) is 0 Å². The van der Waals surface area contributed by atoms with E-state index >= 15 is 0 Å². The van der Waals surface area contributed by atoms with Gasteiger partial charge in [-0.25, -0.2) is 0 Å². The third-order valence-corrected chi connectivity index (χ3v) is 2.34. The molecule has 0 spiro atoms. The van der Waals surface area contributed by atoms with Crippen LogP contribution in [-0.2, 0) is 0 Å². The van der Waals surface area contributed by atoms with E-state index < -0.39 is 0 Å². The highest BCUT2D eigenvalue weighted by Gasteiger charge is 2.27. The minimum atomic E-state index is 0.369. The maximum Gasteiger partial charge on any atom is 0.185 e. The zero-order chi connectivity index (χ0) is 8.55. The number of nitrogens with one attached hydrogen (secondary N) is 1. The van der Waals surface area contributed by atoms with Crippen LogP contribution >= 0.6 is 0 Å². The van der Waals surface area contributed by atoms with Gasteiger partial charge >= 0.3 is 0 Å². The lowest BCUT2D eigenvalue weighted by atomic mass is 10.0.